The molecular formula is C30H46O9. The molecule has 1 heterocycles. The van der Waals surface area contributed by atoms with Crippen molar-refractivity contribution >= 4 is 17.7 Å². The van der Waals surface area contributed by atoms with E-state index in [0.29, 0.717) is 49.0 Å². The summed E-state index contributed by atoms with van der Waals surface area (Å²) in [7, 11) is 0. The summed E-state index contributed by atoms with van der Waals surface area (Å²) >= 11 is 0. The number of aliphatic carboxylic acids is 2. The molecule has 2 bridgehead atoms. The molecule has 2 unspecified atom stereocenters. The normalized spacial score (nSPS) is 30.2. The van der Waals surface area contributed by atoms with E-state index in [1.807, 2.05) is 27.7 Å². The molecule has 0 saturated carbocycles. The number of carboxylic acid groups (broad SMARTS) is 2. The number of hydrogen-bond acceptors (Lipinski definition) is 7. The molecule has 3 aliphatic rings. The zero-order valence-electron chi connectivity index (χ0n) is 24.3. The number of fused-ring (bicyclic) bond motifs is 2. The number of rotatable bonds is 6. The molecule has 3 rings (SSSR count). The maximum absolute atomic E-state index is 13.0. The molecule has 1 saturated heterocycles. The molecule has 5 N–H and O–H groups in total. The van der Waals surface area contributed by atoms with Gasteiger partial charge in [0.15, 0.2) is 5.76 Å². The van der Waals surface area contributed by atoms with Crippen LogP contribution in [0.25, 0.3) is 0 Å². The van der Waals surface area contributed by atoms with Crippen LogP contribution in [0.15, 0.2) is 46.3 Å². The molecule has 1 fully saturated rings. The summed E-state index contributed by atoms with van der Waals surface area (Å²) in [4.78, 5) is 32.4. The van der Waals surface area contributed by atoms with E-state index >= 15 is 0 Å². The Labute approximate surface area is 231 Å². The number of aliphatic hydroxyl groups is 3. The highest BCUT2D eigenvalue weighted by molar-refractivity contribution is 6.08. The first-order chi connectivity index (χ1) is 18.1. The van der Waals surface area contributed by atoms with Crippen LogP contribution in [0.5, 0.6) is 0 Å². The highest BCUT2D eigenvalue weighted by atomic mass is 16.5. The molecule has 4 atom stereocenters. The second kappa shape index (κ2) is 14.6. The van der Waals surface area contributed by atoms with Gasteiger partial charge in [-0.3, -0.25) is 9.59 Å². The number of aliphatic hydroxyl groups excluding tert-OH is 2. The maximum Gasteiger partial charge on any atom is 0.335 e. The summed E-state index contributed by atoms with van der Waals surface area (Å²) in [5, 5.41) is 47.4. The summed E-state index contributed by atoms with van der Waals surface area (Å²) in [6, 6.07) is 0. The van der Waals surface area contributed by atoms with Crippen molar-refractivity contribution < 1.29 is 44.7 Å². The van der Waals surface area contributed by atoms with E-state index in [9.17, 15) is 24.9 Å². The van der Waals surface area contributed by atoms with Gasteiger partial charge >= 0.3 is 5.97 Å². The molecule has 0 amide bonds. The lowest BCUT2D eigenvalue weighted by Crippen LogP contribution is -2.55. The topological polar surface area (TPSA) is 162 Å². The van der Waals surface area contributed by atoms with Gasteiger partial charge in [-0.15, -0.1) is 0 Å². The fraction of sp³-hybridized carbons (Fsp3) is 0.633. The van der Waals surface area contributed by atoms with E-state index in [-0.39, 0.29) is 36.1 Å². The van der Waals surface area contributed by atoms with Crippen molar-refractivity contribution in [2.75, 3.05) is 13.2 Å². The summed E-state index contributed by atoms with van der Waals surface area (Å²) in [6.45, 7) is 12.9. The Morgan fingerprint density at radius 3 is 2.21 bits per heavy atom. The molecule has 9 heteroatoms. The minimum Gasteiger partial charge on any atom is -0.504 e. The minimum atomic E-state index is -0.997. The van der Waals surface area contributed by atoms with Crippen molar-refractivity contribution in [2.24, 2.45) is 17.3 Å². The Morgan fingerprint density at radius 1 is 1.18 bits per heavy atom. The average Bonchev–Trinajstić information content (AvgIpc) is 2.82. The van der Waals surface area contributed by atoms with Crippen molar-refractivity contribution in [3.8, 4) is 0 Å². The molecule has 0 aromatic carbocycles. The molecule has 0 aromatic heterocycles. The number of carboxylic acids is 2. The Bertz CT molecular complexity index is 1030. The molecule has 220 valence electrons. The van der Waals surface area contributed by atoms with Crippen LogP contribution in [-0.2, 0) is 19.1 Å². The van der Waals surface area contributed by atoms with Crippen LogP contribution in [0.4, 0.5) is 0 Å². The van der Waals surface area contributed by atoms with E-state index < -0.39 is 23.0 Å². The van der Waals surface area contributed by atoms with Crippen molar-refractivity contribution in [1.82, 2.24) is 0 Å². The number of carbonyl (C=O) groups excluding carboxylic acids is 1. The van der Waals surface area contributed by atoms with Crippen LogP contribution in [0.3, 0.4) is 0 Å². The Hall–Kier alpha value is -2.75. The van der Waals surface area contributed by atoms with Gasteiger partial charge in [0, 0.05) is 30.4 Å². The van der Waals surface area contributed by atoms with Crippen molar-refractivity contribution in [2.45, 2.75) is 92.3 Å². The van der Waals surface area contributed by atoms with E-state index in [0.717, 1.165) is 18.9 Å². The van der Waals surface area contributed by atoms with Gasteiger partial charge in [0.2, 0.25) is 5.78 Å². The lowest BCUT2D eigenvalue weighted by molar-refractivity contribution is -0.160. The Balaban J connectivity index is 0.000000453. The van der Waals surface area contributed by atoms with Crippen LogP contribution >= 0.6 is 0 Å². The number of Topliss-reactive ketones (excluding diaryl/α,β-unsaturated/α-hetero) is 1. The molecule has 0 radical (unpaired) electrons. The largest absolute Gasteiger partial charge is 0.504 e. The fourth-order valence-corrected chi connectivity index (χ4v) is 5.66. The first-order valence-electron chi connectivity index (χ1n) is 13.4. The van der Waals surface area contributed by atoms with E-state index in [1.54, 1.807) is 32.1 Å². The van der Waals surface area contributed by atoms with Gasteiger partial charge in [-0.05, 0) is 64.4 Å². The quantitative estimate of drug-likeness (QED) is 0.232. The number of hydrogen-bond donors (Lipinski definition) is 5. The SMILES string of the molecule is C/C=C\C(=C/CC)C(=O)O.CC(=O)O.CC1=C2C(=O)/C(O)=C(/C)C([C@@H]3COC3CCO)C[C@](O)(CC1)C2(C)C. The minimum absolute atomic E-state index is 0.0450. The third kappa shape index (κ3) is 8.13. The van der Waals surface area contributed by atoms with Gasteiger partial charge in [0.1, 0.15) is 0 Å². The average molecular weight is 551 g/mol. The van der Waals surface area contributed by atoms with Crippen molar-refractivity contribution in [1.29, 1.82) is 0 Å². The number of ketones is 1. The first kappa shape index (κ1) is 34.3. The zero-order chi connectivity index (χ0) is 30.1. The molecule has 1 aliphatic heterocycles. The van der Waals surface area contributed by atoms with Crippen LogP contribution < -0.4 is 0 Å². The lowest BCUT2D eigenvalue weighted by atomic mass is 9.55. The second-order valence-electron chi connectivity index (χ2n) is 10.9. The van der Waals surface area contributed by atoms with Gasteiger partial charge in [-0.25, -0.2) is 4.79 Å². The highest BCUT2D eigenvalue weighted by Gasteiger charge is 2.55. The standard InChI is InChI=1S/C20H30O5.C8H12O2.C2H4O2/c1-11-5-7-20(24)9-13(14-10-25-15(14)6-8-21)12(2)17(22)18(23)16(11)19(20,3)4;1-3-5-7(6-4-2)8(9)10;1-2(3)4/h13-15,21-22,24H,5-10H2,1-4H3;3,5-6H,4H2,1-2H3,(H,9,10);1H3,(H,3,4)/b17-12+;5-3-,7-6+;/t13?,14-,15?,20+;;/m0../s1. The molecule has 0 spiro atoms. The summed E-state index contributed by atoms with van der Waals surface area (Å²) in [6.07, 6.45) is 7.98. The molecule has 0 aromatic rings. The third-order valence-corrected chi connectivity index (χ3v) is 7.99. The van der Waals surface area contributed by atoms with Gasteiger partial charge in [0.25, 0.3) is 5.97 Å². The van der Waals surface area contributed by atoms with Crippen LogP contribution in [0.2, 0.25) is 0 Å². The summed E-state index contributed by atoms with van der Waals surface area (Å²) in [5.41, 5.74) is 0.822. The predicted molar refractivity (Wildman–Crippen MR) is 148 cm³/mol. The molecular weight excluding hydrogens is 504 g/mol. The number of carbonyl (C=O) groups is 3. The predicted octanol–water partition coefficient (Wildman–Crippen LogP) is 4.75. The molecule has 9 nitrogen and oxygen atoms in total. The number of ether oxygens (including phenoxy) is 1. The van der Waals surface area contributed by atoms with E-state index in [4.69, 9.17) is 19.7 Å². The van der Waals surface area contributed by atoms with Gasteiger partial charge < -0.3 is 30.3 Å². The number of allylic oxidation sites excluding steroid dienone is 5. The first-order valence-corrected chi connectivity index (χ1v) is 13.4. The maximum atomic E-state index is 13.0. The van der Waals surface area contributed by atoms with Crippen molar-refractivity contribution in [3.05, 3.63) is 46.3 Å². The lowest BCUT2D eigenvalue weighted by Gasteiger charge is -2.53. The molecule has 2 aliphatic carbocycles. The summed E-state index contributed by atoms with van der Waals surface area (Å²) in [5.74, 6) is -2.23. The van der Waals surface area contributed by atoms with E-state index in [2.05, 4.69) is 0 Å². The highest BCUT2D eigenvalue weighted by Crippen LogP contribution is 2.54. The molecule has 39 heavy (non-hydrogen) atoms. The van der Waals surface area contributed by atoms with Crippen LogP contribution in [0, 0.1) is 17.3 Å². The van der Waals surface area contributed by atoms with Crippen molar-refractivity contribution in [3.63, 3.8) is 0 Å². The summed E-state index contributed by atoms with van der Waals surface area (Å²) < 4.78 is 5.59. The monoisotopic (exact) mass is 550 g/mol. The fourth-order valence-electron chi connectivity index (χ4n) is 5.66. The zero-order valence-corrected chi connectivity index (χ0v) is 24.3. The smallest absolute Gasteiger partial charge is 0.335 e. The Kier molecular flexibility index (Phi) is 12.8. The third-order valence-electron chi connectivity index (χ3n) is 7.99. The second-order valence-corrected chi connectivity index (χ2v) is 10.9. The van der Waals surface area contributed by atoms with Gasteiger partial charge in [-0.1, -0.05) is 44.6 Å². The van der Waals surface area contributed by atoms with E-state index in [1.165, 1.54) is 0 Å². The van der Waals surface area contributed by atoms with Crippen LogP contribution in [-0.4, -0.2) is 68.2 Å². The van der Waals surface area contributed by atoms with Crippen LogP contribution in [0.1, 0.15) is 80.6 Å². The van der Waals surface area contributed by atoms with Gasteiger partial charge in [0.05, 0.1) is 23.9 Å². The van der Waals surface area contributed by atoms with Gasteiger partial charge in [-0.2, -0.15) is 0 Å². The Morgan fingerprint density at radius 2 is 1.77 bits per heavy atom.